The number of likely N-dealkylation sites (N-methyl/N-ethyl adjacent to an activating group) is 1. The van der Waals surface area contributed by atoms with Crippen LogP contribution in [0.3, 0.4) is 0 Å². The Hall–Kier alpha value is -0.620. The Morgan fingerprint density at radius 1 is 1.80 bits per heavy atom. The zero-order chi connectivity index (χ0) is 11.4. The minimum atomic E-state index is -0.243. The highest BCUT2D eigenvalue weighted by Crippen LogP contribution is 2.20. The number of amides is 1. The van der Waals surface area contributed by atoms with Gasteiger partial charge in [-0.15, -0.1) is 11.3 Å². The van der Waals surface area contributed by atoms with E-state index in [0.717, 1.165) is 9.73 Å². The quantitative estimate of drug-likeness (QED) is 0.925. The van der Waals surface area contributed by atoms with E-state index >= 15 is 0 Å². The lowest BCUT2D eigenvalue weighted by molar-refractivity contribution is -0.130. The predicted molar refractivity (Wildman–Crippen MR) is 66.2 cm³/mol. The lowest BCUT2D eigenvalue weighted by Gasteiger charge is -2.20. The van der Waals surface area contributed by atoms with Crippen molar-refractivity contribution in [1.29, 1.82) is 0 Å². The molecular weight excluding hydrogens is 278 g/mol. The van der Waals surface area contributed by atoms with Crippen LogP contribution in [0, 0.1) is 0 Å². The minimum Gasteiger partial charge on any atom is -0.350 e. The van der Waals surface area contributed by atoms with E-state index in [1.165, 1.54) is 11.3 Å². The number of carbonyl (C=O) groups is 1. The summed E-state index contributed by atoms with van der Waals surface area (Å²) >= 11 is 4.74. The number of carbonyl (C=O) groups excluding carboxylic acids is 1. The van der Waals surface area contributed by atoms with E-state index in [0.29, 0.717) is 6.54 Å². The molecule has 0 aromatic carbocycles. The highest BCUT2D eigenvalue weighted by Gasteiger charge is 2.16. The van der Waals surface area contributed by atoms with Crippen LogP contribution in [-0.4, -0.2) is 35.4 Å². The third-order valence-corrected chi connectivity index (χ3v) is 3.52. The Kier molecular flexibility index (Phi) is 4.53. The molecule has 4 nitrogen and oxygen atoms in total. The van der Waals surface area contributed by atoms with E-state index < -0.39 is 0 Å². The Balaban J connectivity index is 2.55. The van der Waals surface area contributed by atoms with E-state index in [1.807, 2.05) is 19.2 Å². The number of thiazole rings is 1. The second-order valence-corrected chi connectivity index (χ2v) is 4.86. The molecule has 1 unspecified atom stereocenters. The maximum absolute atomic E-state index is 11.7. The van der Waals surface area contributed by atoms with Crippen LogP contribution in [0.4, 0.5) is 5.13 Å². The maximum atomic E-state index is 11.7. The van der Waals surface area contributed by atoms with E-state index in [2.05, 4.69) is 26.2 Å². The number of nitrogens with one attached hydrogen (secondary N) is 1. The van der Waals surface area contributed by atoms with Gasteiger partial charge >= 0.3 is 0 Å². The Labute approximate surface area is 102 Å². The number of hydrogen-bond donors (Lipinski definition) is 1. The largest absolute Gasteiger partial charge is 0.350 e. The van der Waals surface area contributed by atoms with Gasteiger partial charge in [-0.05, 0) is 29.8 Å². The Morgan fingerprint density at radius 3 is 2.93 bits per heavy atom. The van der Waals surface area contributed by atoms with Crippen LogP contribution >= 0.6 is 27.3 Å². The van der Waals surface area contributed by atoms with Crippen molar-refractivity contribution in [3.63, 3.8) is 0 Å². The average Bonchev–Trinajstić information content (AvgIpc) is 2.61. The summed E-state index contributed by atoms with van der Waals surface area (Å²) in [6.07, 6.45) is 0. The number of rotatable bonds is 4. The van der Waals surface area contributed by atoms with E-state index in [4.69, 9.17) is 0 Å². The summed E-state index contributed by atoms with van der Waals surface area (Å²) in [5, 5.41) is 5.70. The van der Waals surface area contributed by atoms with Gasteiger partial charge in [0, 0.05) is 19.0 Å². The van der Waals surface area contributed by atoms with Gasteiger partial charge in [0.2, 0.25) is 5.91 Å². The van der Waals surface area contributed by atoms with Crippen molar-refractivity contribution in [2.24, 2.45) is 0 Å². The normalized spacial score (nSPS) is 12.3. The molecule has 1 atom stereocenters. The Morgan fingerprint density at radius 2 is 2.47 bits per heavy atom. The van der Waals surface area contributed by atoms with Gasteiger partial charge in [0.25, 0.3) is 0 Å². The summed E-state index contributed by atoms with van der Waals surface area (Å²) in [7, 11) is 1.79. The maximum Gasteiger partial charge on any atom is 0.244 e. The minimum absolute atomic E-state index is 0.0730. The molecular formula is C9H14BrN3OS. The molecule has 0 bridgehead atoms. The van der Waals surface area contributed by atoms with E-state index in [9.17, 15) is 4.79 Å². The summed E-state index contributed by atoms with van der Waals surface area (Å²) in [4.78, 5) is 17.6. The van der Waals surface area contributed by atoms with E-state index in [-0.39, 0.29) is 11.9 Å². The monoisotopic (exact) mass is 291 g/mol. The van der Waals surface area contributed by atoms with Gasteiger partial charge < -0.3 is 10.2 Å². The fraction of sp³-hybridized carbons (Fsp3) is 0.556. The summed E-state index contributed by atoms with van der Waals surface area (Å²) in [5.41, 5.74) is 0. The lowest BCUT2D eigenvalue weighted by atomic mass is 10.3. The molecule has 1 rings (SSSR count). The van der Waals surface area contributed by atoms with Gasteiger partial charge in [0.05, 0.1) is 0 Å². The Bertz CT molecular complexity index is 342. The van der Waals surface area contributed by atoms with Gasteiger partial charge in [-0.25, -0.2) is 4.98 Å². The highest BCUT2D eigenvalue weighted by molar-refractivity contribution is 9.10. The van der Waals surface area contributed by atoms with E-state index in [1.54, 1.807) is 11.9 Å². The molecule has 0 saturated heterocycles. The van der Waals surface area contributed by atoms with Crippen LogP contribution in [0.25, 0.3) is 0 Å². The van der Waals surface area contributed by atoms with Crippen LogP contribution < -0.4 is 5.32 Å². The average molecular weight is 292 g/mol. The molecule has 0 saturated carbocycles. The van der Waals surface area contributed by atoms with Crippen molar-refractivity contribution in [3.8, 4) is 0 Å². The molecule has 15 heavy (non-hydrogen) atoms. The lowest BCUT2D eigenvalue weighted by Crippen LogP contribution is -2.38. The molecule has 0 aliphatic rings. The highest BCUT2D eigenvalue weighted by atomic mass is 79.9. The summed E-state index contributed by atoms with van der Waals surface area (Å²) < 4.78 is 0.790. The molecule has 1 heterocycles. The second kappa shape index (κ2) is 5.46. The molecule has 84 valence electrons. The summed E-state index contributed by atoms with van der Waals surface area (Å²) in [6, 6.07) is -0.243. The first-order chi connectivity index (χ1) is 7.04. The van der Waals surface area contributed by atoms with Gasteiger partial charge in [0.1, 0.15) is 10.6 Å². The molecule has 1 aromatic heterocycles. The third kappa shape index (κ3) is 3.46. The van der Waals surface area contributed by atoms with Crippen molar-refractivity contribution in [2.45, 2.75) is 19.9 Å². The van der Waals surface area contributed by atoms with Crippen molar-refractivity contribution >= 4 is 38.3 Å². The molecule has 1 amide bonds. The number of halogens is 1. The zero-order valence-corrected chi connectivity index (χ0v) is 11.4. The molecule has 1 N–H and O–H groups in total. The van der Waals surface area contributed by atoms with Crippen LogP contribution in [-0.2, 0) is 4.79 Å². The molecule has 0 fully saturated rings. The predicted octanol–water partition coefficient (Wildman–Crippen LogP) is 2.18. The third-order valence-electron chi connectivity index (χ3n) is 2.04. The van der Waals surface area contributed by atoms with Gasteiger partial charge in [-0.1, -0.05) is 0 Å². The first-order valence-electron chi connectivity index (χ1n) is 4.67. The number of anilines is 1. The molecule has 1 aromatic rings. The fourth-order valence-corrected chi connectivity index (χ4v) is 2.29. The van der Waals surface area contributed by atoms with Crippen LogP contribution in [0.5, 0.6) is 0 Å². The topological polar surface area (TPSA) is 45.2 Å². The van der Waals surface area contributed by atoms with Crippen molar-refractivity contribution in [3.05, 3.63) is 9.98 Å². The van der Waals surface area contributed by atoms with Crippen LogP contribution in [0.15, 0.2) is 9.98 Å². The van der Waals surface area contributed by atoms with Crippen LogP contribution in [0.2, 0.25) is 0 Å². The van der Waals surface area contributed by atoms with Crippen molar-refractivity contribution in [1.82, 2.24) is 9.88 Å². The smallest absolute Gasteiger partial charge is 0.244 e. The first kappa shape index (κ1) is 12.4. The van der Waals surface area contributed by atoms with Gasteiger partial charge in [-0.2, -0.15) is 0 Å². The number of nitrogens with zero attached hydrogens (tertiary/aromatic N) is 2. The fourth-order valence-electron chi connectivity index (χ4n) is 1.05. The molecule has 0 aliphatic carbocycles. The van der Waals surface area contributed by atoms with Gasteiger partial charge in [-0.3, -0.25) is 4.79 Å². The number of hydrogen-bond acceptors (Lipinski definition) is 4. The van der Waals surface area contributed by atoms with Crippen molar-refractivity contribution < 1.29 is 4.79 Å². The molecule has 6 heteroatoms. The first-order valence-corrected chi connectivity index (χ1v) is 6.34. The molecule has 0 aliphatic heterocycles. The SMILES string of the molecule is CCN(C)C(=O)C(C)Nc1nc(Br)cs1. The summed E-state index contributed by atoms with van der Waals surface area (Å²) in [6.45, 7) is 4.50. The second-order valence-electron chi connectivity index (χ2n) is 3.19. The number of aromatic nitrogens is 1. The van der Waals surface area contributed by atoms with Crippen molar-refractivity contribution in [2.75, 3.05) is 18.9 Å². The standard InChI is InChI=1S/C9H14BrN3OS/c1-4-13(3)8(14)6(2)11-9-12-7(10)5-15-9/h5-6H,4H2,1-3H3,(H,11,12). The van der Waals surface area contributed by atoms with Crippen LogP contribution in [0.1, 0.15) is 13.8 Å². The summed E-state index contributed by atoms with van der Waals surface area (Å²) in [5.74, 6) is 0.0730. The zero-order valence-electron chi connectivity index (χ0n) is 8.95. The van der Waals surface area contributed by atoms with Gasteiger partial charge in [0.15, 0.2) is 5.13 Å². The molecule has 0 spiro atoms. The molecule has 0 radical (unpaired) electrons.